The molecule has 132 valence electrons. The molecule has 0 amide bonds. The summed E-state index contributed by atoms with van der Waals surface area (Å²) >= 11 is 0. The molecule has 3 aromatic carbocycles. The second-order valence-corrected chi connectivity index (χ2v) is 6.25. The van der Waals surface area contributed by atoms with Gasteiger partial charge in [0.15, 0.2) is 5.84 Å². The highest BCUT2D eigenvalue weighted by Gasteiger charge is 2.07. The average Bonchev–Trinajstić information content (AvgIpc) is 2.73. The maximum atomic E-state index is 8.76. The Morgan fingerprint density at radius 1 is 0.815 bits per heavy atom. The number of pyridine rings is 1. The number of fused-ring (bicyclic) bond motifs is 1. The molecule has 0 aliphatic carbocycles. The summed E-state index contributed by atoms with van der Waals surface area (Å²) < 4.78 is 0. The maximum absolute atomic E-state index is 8.76. The van der Waals surface area contributed by atoms with E-state index in [2.05, 4.69) is 40.5 Å². The Morgan fingerprint density at radius 3 is 2.07 bits per heavy atom. The van der Waals surface area contributed by atoms with Gasteiger partial charge in [-0.2, -0.15) is 0 Å². The van der Waals surface area contributed by atoms with Crippen LogP contribution in [-0.2, 0) is 0 Å². The summed E-state index contributed by atoms with van der Waals surface area (Å²) in [6.07, 6.45) is 0. The number of para-hydroxylation sites is 1. The van der Waals surface area contributed by atoms with Crippen molar-refractivity contribution in [1.29, 1.82) is 0 Å². The third-order valence-electron chi connectivity index (χ3n) is 4.55. The van der Waals surface area contributed by atoms with E-state index < -0.39 is 0 Å². The van der Waals surface area contributed by atoms with Crippen LogP contribution in [0.15, 0.2) is 84.0 Å². The van der Waals surface area contributed by atoms with Crippen molar-refractivity contribution in [2.75, 3.05) is 5.73 Å². The van der Waals surface area contributed by atoms with E-state index in [0.717, 1.165) is 33.2 Å². The third kappa shape index (κ3) is 3.18. The lowest BCUT2D eigenvalue weighted by Crippen LogP contribution is -2.12. The highest BCUT2D eigenvalue weighted by atomic mass is 16.4. The molecule has 0 fully saturated rings. The van der Waals surface area contributed by atoms with E-state index in [9.17, 15) is 0 Å². The molecular formula is C22H18N4O. The summed E-state index contributed by atoms with van der Waals surface area (Å²) in [5, 5.41) is 12.8. The Balaban J connectivity index is 1.71. The quantitative estimate of drug-likeness (QED) is 0.222. The number of hydrogen-bond acceptors (Lipinski definition) is 4. The van der Waals surface area contributed by atoms with Gasteiger partial charge in [0.05, 0.1) is 5.52 Å². The summed E-state index contributed by atoms with van der Waals surface area (Å²) in [4.78, 5) is 4.40. The van der Waals surface area contributed by atoms with Crippen LogP contribution >= 0.6 is 0 Å². The van der Waals surface area contributed by atoms with Crippen LogP contribution in [0.3, 0.4) is 0 Å². The molecular weight excluding hydrogens is 336 g/mol. The van der Waals surface area contributed by atoms with Crippen molar-refractivity contribution in [1.82, 2.24) is 4.98 Å². The minimum atomic E-state index is 0.0963. The third-order valence-corrected chi connectivity index (χ3v) is 4.55. The molecule has 4 aromatic rings. The number of amidine groups is 1. The SMILES string of the molecule is NC(=NO)c1ccc(-c2ccc(-c3cc(N)nc4ccccc34)cc2)cc1. The zero-order valence-corrected chi connectivity index (χ0v) is 14.5. The Hall–Kier alpha value is -3.86. The Labute approximate surface area is 156 Å². The zero-order valence-electron chi connectivity index (χ0n) is 14.5. The van der Waals surface area contributed by atoms with Gasteiger partial charge in [0, 0.05) is 10.9 Å². The summed E-state index contributed by atoms with van der Waals surface area (Å²) in [5.74, 6) is 0.602. The van der Waals surface area contributed by atoms with E-state index in [0.29, 0.717) is 11.4 Å². The monoisotopic (exact) mass is 354 g/mol. The van der Waals surface area contributed by atoms with E-state index >= 15 is 0 Å². The fourth-order valence-electron chi connectivity index (χ4n) is 3.17. The second-order valence-electron chi connectivity index (χ2n) is 6.25. The van der Waals surface area contributed by atoms with Crippen molar-refractivity contribution in [3.63, 3.8) is 0 Å². The van der Waals surface area contributed by atoms with Gasteiger partial charge >= 0.3 is 0 Å². The van der Waals surface area contributed by atoms with Crippen LogP contribution in [0.5, 0.6) is 0 Å². The summed E-state index contributed by atoms with van der Waals surface area (Å²) in [5.41, 5.74) is 17.4. The molecule has 0 spiro atoms. The molecule has 0 saturated heterocycles. The number of nitrogens with two attached hydrogens (primary N) is 2. The predicted octanol–water partition coefficient (Wildman–Crippen LogP) is 4.25. The number of benzene rings is 3. The molecule has 1 aromatic heterocycles. The molecule has 0 aliphatic rings. The summed E-state index contributed by atoms with van der Waals surface area (Å²) in [7, 11) is 0. The molecule has 0 aliphatic heterocycles. The lowest BCUT2D eigenvalue weighted by molar-refractivity contribution is 0.318. The molecule has 4 rings (SSSR count). The highest BCUT2D eigenvalue weighted by molar-refractivity contribution is 5.98. The van der Waals surface area contributed by atoms with Crippen molar-refractivity contribution in [3.8, 4) is 22.3 Å². The highest BCUT2D eigenvalue weighted by Crippen LogP contribution is 2.31. The number of anilines is 1. The fourth-order valence-corrected chi connectivity index (χ4v) is 3.17. The second kappa shape index (κ2) is 6.80. The first-order chi connectivity index (χ1) is 13.2. The van der Waals surface area contributed by atoms with Crippen molar-refractivity contribution in [2.45, 2.75) is 0 Å². The number of hydrogen-bond donors (Lipinski definition) is 3. The summed E-state index contributed by atoms with van der Waals surface area (Å²) in [6, 6.07) is 25.7. The molecule has 0 radical (unpaired) electrons. The van der Waals surface area contributed by atoms with Crippen LogP contribution in [0, 0.1) is 0 Å². The van der Waals surface area contributed by atoms with Crippen LogP contribution < -0.4 is 11.5 Å². The van der Waals surface area contributed by atoms with Crippen LogP contribution in [0.1, 0.15) is 5.56 Å². The van der Waals surface area contributed by atoms with Crippen LogP contribution in [0.2, 0.25) is 0 Å². The first kappa shape index (κ1) is 16.6. The molecule has 0 unspecified atom stereocenters. The molecule has 5 nitrogen and oxygen atoms in total. The van der Waals surface area contributed by atoms with E-state index in [1.54, 1.807) is 0 Å². The zero-order chi connectivity index (χ0) is 18.8. The molecule has 27 heavy (non-hydrogen) atoms. The van der Waals surface area contributed by atoms with Gasteiger partial charge < -0.3 is 16.7 Å². The molecule has 5 heteroatoms. The maximum Gasteiger partial charge on any atom is 0.170 e. The number of rotatable bonds is 3. The molecule has 1 heterocycles. The van der Waals surface area contributed by atoms with Crippen molar-refractivity contribution >= 4 is 22.6 Å². The fraction of sp³-hybridized carbons (Fsp3) is 0. The van der Waals surface area contributed by atoms with Gasteiger partial charge in [-0.05, 0) is 34.4 Å². The topological polar surface area (TPSA) is 97.5 Å². The minimum absolute atomic E-state index is 0.0963. The van der Waals surface area contributed by atoms with Gasteiger partial charge in [0.2, 0.25) is 0 Å². The first-order valence-corrected chi connectivity index (χ1v) is 8.50. The minimum Gasteiger partial charge on any atom is -0.409 e. The van der Waals surface area contributed by atoms with Crippen LogP contribution in [0.25, 0.3) is 33.2 Å². The van der Waals surface area contributed by atoms with E-state index in [1.165, 1.54) is 0 Å². The number of nitrogen functional groups attached to an aromatic ring is 1. The van der Waals surface area contributed by atoms with E-state index in [4.69, 9.17) is 16.7 Å². The van der Waals surface area contributed by atoms with Gasteiger partial charge in [0.25, 0.3) is 0 Å². The lowest BCUT2D eigenvalue weighted by atomic mass is 9.97. The van der Waals surface area contributed by atoms with Gasteiger partial charge in [-0.15, -0.1) is 0 Å². The molecule has 0 bridgehead atoms. The number of oxime groups is 1. The van der Waals surface area contributed by atoms with Crippen LogP contribution in [0.4, 0.5) is 5.82 Å². The summed E-state index contributed by atoms with van der Waals surface area (Å²) in [6.45, 7) is 0. The average molecular weight is 354 g/mol. The van der Waals surface area contributed by atoms with Gasteiger partial charge in [-0.3, -0.25) is 0 Å². The smallest absolute Gasteiger partial charge is 0.170 e. The largest absolute Gasteiger partial charge is 0.409 e. The van der Waals surface area contributed by atoms with Crippen LogP contribution in [-0.4, -0.2) is 16.0 Å². The van der Waals surface area contributed by atoms with Gasteiger partial charge in [0.1, 0.15) is 5.82 Å². The van der Waals surface area contributed by atoms with Crippen molar-refractivity contribution in [2.24, 2.45) is 10.9 Å². The number of aromatic nitrogens is 1. The Bertz CT molecular complexity index is 1130. The lowest BCUT2D eigenvalue weighted by Gasteiger charge is -2.09. The molecule has 0 atom stereocenters. The van der Waals surface area contributed by atoms with Gasteiger partial charge in [-0.25, -0.2) is 4.98 Å². The normalized spacial score (nSPS) is 11.6. The van der Waals surface area contributed by atoms with E-state index in [1.807, 2.05) is 48.5 Å². The number of nitrogens with zero attached hydrogens (tertiary/aromatic N) is 2. The molecule has 5 N–H and O–H groups in total. The van der Waals surface area contributed by atoms with Crippen molar-refractivity contribution in [3.05, 3.63) is 84.4 Å². The Kier molecular flexibility index (Phi) is 4.18. The standard InChI is InChI=1S/C22H18N4O/c23-21-13-19(18-3-1-2-4-20(18)25-21)16-9-5-14(6-10-16)15-7-11-17(12-8-15)22(24)26-27/h1-13,27H,(H2,23,25)(H2,24,26). The first-order valence-electron chi connectivity index (χ1n) is 8.50. The Morgan fingerprint density at radius 2 is 1.41 bits per heavy atom. The van der Waals surface area contributed by atoms with Gasteiger partial charge in [-0.1, -0.05) is 71.9 Å². The van der Waals surface area contributed by atoms with Crippen molar-refractivity contribution < 1.29 is 5.21 Å². The molecule has 0 saturated carbocycles. The predicted molar refractivity (Wildman–Crippen MR) is 110 cm³/mol. The van der Waals surface area contributed by atoms with E-state index in [-0.39, 0.29) is 5.84 Å².